The van der Waals surface area contributed by atoms with Gasteiger partial charge in [-0.1, -0.05) is 13.8 Å². The van der Waals surface area contributed by atoms with Crippen LogP contribution in [0.1, 0.15) is 42.9 Å². The van der Waals surface area contributed by atoms with E-state index in [2.05, 4.69) is 34.7 Å². The summed E-state index contributed by atoms with van der Waals surface area (Å²) in [5, 5.41) is 12.7. The van der Waals surface area contributed by atoms with Crippen LogP contribution in [0.3, 0.4) is 0 Å². The molecule has 3 N–H and O–H groups in total. The number of amides is 1. The Bertz CT molecular complexity index is 351. The minimum atomic E-state index is -0.134. The summed E-state index contributed by atoms with van der Waals surface area (Å²) in [5.41, 5.74) is 1.43. The second-order valence-corrected chi connectivity index (χ2v) is 4.26. The second kappa shape index (κ2) is 7.29. The molecule has 5 nitrogen and oxygen atoms in total. The van der Waals surface area contributed by atoms with Gasteiger partial charge < -0.3 is 10.6 Å². The average Bonchev–Trinajstić information content (AvgIpc) is 2.74. The van der Waals surface area contributed by atoms with Gasteiger partial charge in [-0.3, -0.25) is 9.89 Å². The van der Waals surface area contributed by atoms with Crippen LogP contribution in [-0.2, 0) is 0 Å². The molecular weight excluding hydrogens is 240 g/mol. The third kappa shape index (κ3) is 4.75. The fraction of sp³-hybridized carbons (Fsp3) is 0.636. The summed E-state index contributed by atoms with van der Waals surface area (Å²) >= 11 is 0. The van der Waals surface area contributed by atoms with Crippen molar-refractivity contribution in [2.24, 2.45) is 0 Å². The predicted octanol–water partition coefficient (Wildman–Crippen LogP) is 1.29. The van der Waals surface area contributed by atoms with Crippen LogP contribution < -0.4 is 10.6 Å². The lowest BCUT2D eigenvalue weighted by molar-refractivity contribution is 0.0945. The van der Waals surface area contributed by atoms with Crippen LogP contribution in [0, 0.1) is 0 Å². The molecular formula is C11H21ClN4O. The number of nitrogens with zero attached hydrogens (tertiary/aromatic N) is 1. The molecule has 1 amide bonds. The fourth-order valence-corrected chi connectivity index (χ4v) is 1.19. The summed E-state index contributed by atoms with van der Waals surface area (Å²) in [4.78, 5) is 11.7. The van der Waals surface area contributed by atoms with Gasteiger partial charge in [0.1, 0.15) is 5.69 Å². The maximum Gasteiger partial charge on any atom is 0.271 e. The van der Waals surface area contributed by atoms with E-state index in [1.807, 2.05) is 14.0 Å². The summed E-state index contributed by atoms with van der Waals surface area (Å²) in [7, 11) is 1.86. The van der Waals surface area contributed by atoms with Crippen LogP contribution in [0.15, 0.2) is 6.07 Å². The van der Waals surface area contributed by atoms with Gasteiger partial charge >= 0.3 is 0 Å². The molecule has 0 saturated carbocycles. The van der Waals surface area contributed by atoms with Crippen LogP contribution >= 0.6 is 12.4 Å². The van der Waals surface area contributed by atoms with E-state index in [-0.39, 0.29) is 24.4 Å². The Balaban J connectivity index is 0.00000256. The van der Waals surface area contributed by atoms with E-state index < -0.39 is 0 Å². The number of rotatable bonds is 5. The maximum absolute atomic E-state index is 11.7. The Labute approximate surface area is 108 Å². The summed E-state index contributed by atoms with van der Waals surface area (Å²) in [6, 6.07) is 2.05. The smallest absolute Gasteiger partial charge is 0.271 e. The molecule has 0 saturated heterocycles. The van der Waals surface area contributed by atoms with Crippen LogP contribution in [0.5, 0.6) is 0 Å². The first-order chi connectivity index (χ1) is 7.54. The highest BCUT2D eigenvalue weighted by Gasteiger charge is 2.12. The van der Waals surface area contributed by atoms with Crippen molar-refractivity contribution in [3.63, 3.8) is 0 Å². The molecule has 0 aromatic carbocycles. The zero-order valence-corrected chi connectivity index (χ0v) is 11.5. The summed E-state index contributed by atoms with van der Waals surface area (Å²) in [6.07, 6.45) is 0. The number of carbonyl (C=O) groups is 1. The molecule has 0 bridgehead atoms. The predicted molar refractivity (Wildman–Crippen MR) is 70.8 cm³/mol. The van der Waals surface area contributed by atoms with Gasteiger partial charge in [0.15, 0.2) is 0 Å². The lowest BCUT2D eigenvalue weighted by atomic mass is 10.1. The molecule has 0 fully saturated rings. The van der Waals surface area contributed by atoms with E-state index in [1.54, 1.807) is 6.07 Å². The number of aromatic nitrogens is 2. The van der Waals surface area contributed by atoms with Crippen molar-refractivity contribution in [3.05, 3.63) is 17.5 Å². The summed E-state index contributed by atoms with van der Waals surface area (Å²) in [6.45, 7) is 6.71. The first-order valence-electron chi connectivity index (χ1n) is 5.55. The highest BCUT2D eigenvalue weighted by molar-refractivity contribution is 5.92. The number of likely N-dealkylation sites (N-methyl/N-ethyl adjacent to an activating group) is 1. The van der Waals surface area contributed by atoms with Crippen molar-refractivity contribution in [2.45, 2.75) is 32.7 Å². The van der Waals surface area contributed by atoms with Gasteiger partial charge in [-0.15, -0.1) is 12.4 Å². The van der Waals surface area contributed by atoms with Crippen molar-refractivity contribution in [3.8, 4) is 0 Å². The normalized spacial score (nSPS) is 12.1. The molecule has 1 aromatic heterocycles. The van der Waals surface area contributed by atoms with Crippen LogP contribution in [0.4, 0.5) is 0 Å². The first-order valence-corrected chi connectivity index (χ1v) is 5.55. The second-order valence-electron chi connectivity index (χ2n) is 4.26. The number of halogens is 1. The zero-order valence-electron chi connectivity index (χ0n) is 10.7. The van der Waals surface area contributed by atoms with Crippen LogP contribution in [0.2, 0.25) is 0 Å². The highest BCUT2D eigenvalue weighted by atomic mass is 35.5. The molecule has 0 aliphatic carbocycles. The molecule has 0 aliphatic heterocycles. The molecule has 1 unspecified atom stereocenters. The number of H-pyrrole nitrogens is 1. The number of hydrogen-bond acceptors (Lipinski definition) is 3. The van der Waals surface area contributed by atoms with Gasteiger partial charge in [0.2, 0.25) is 0 Å². The minimum absolute atomic E-state index is 0. The standard InChI is InChI=1S/C11H20N4O.ClH/c1-7(2)9-5-10(15-14-9)11(16)13-6-8(3)12-4;/h5,7-8,12H,6H2,1-4H3,(H,13,16)(H,14,15);1H. The molecule has 1 atom stereocenters. The van der Waals surface area contributed by atoms with Crippen LogP contribution in [-0.4, -0.2) is 35.7 Å². The molecule has 6 heteroatoms. The maximum atomic E-state index is 11.7. The molecule has 1 rings (SSSR count). The van der Waals surface area contributed by atoms with Crippen molar-refractivity contribution in [1.82, 2.24) is 20.8 Å². The molecule has 0 radical (unpaired) electrons. The van der Waals surface area contributed by atoms with Crippen molar-refractivity contribution in [2.75, 3.05) is 13.6 Å². The molecule has 0 spiro atoms. The lowest BCUT2D eigenvalue weighted by Gasteiger charge is -2.09. The number of hydrogen-bond donors (Lipinski definition) is 3. The Kier molecular flexibility index (Phi) is 6.83. The minimum Gasteiger partial charge on any atom is -0.349 e. The van der Waals surface area contributed by atoms with E-state index in [1.165, 1.54) is 0 Å². The van der Waals surface area contributed by atoms with Gasteiger partial charge in [-0.2, -0.15) is 5.10 Å². The third-order valence-electron chi connectivity index (χ3n) is 2.51. The van der Waals surface area contributed by atoms with Gasteiger partial charge in [0.05, 0.1) is 0 Å². The number of carbonyl (C=O) groups excluding carboxylic acids is 1. The number of aromatic amines is 1. The van der Waals surface area contributed by atoms with Gasteiger partial charge in [0, 0.05) is 18.3 Å². The van der Waals surface area contributed by atoms with Gasteiger partial charge in [0.25, 0.3) is 5.91 Å². The van der Waals surface area contributed by atoms with Crippen LogP contribution in [0.25, 0.3) is 0 Å². The first kappa shape index (κ1) is 15.9. The Morgan fingerprint density at radius 2 is 2.12 bits per heavy atom. The van der Waals surface area contributed by atoms with Gasteiger partial charge in [-0.25, -0.2) is 0 Å². The highest BCUT2D eigenvalue weighted by Crippen LogP contribution is 2.11. The third-order valence-corrected chi connectivity index (χ3v) is 2.51. The topological polar surface area (TPSA) is 69.8 Å². The molecule has 0 aliphatic rings. The quantitative estimate of drug-likeness (QED) is 0.747. The van der Waals surface area contributed by atoms with E-state index in [4.69, 9.17) is 0 Å². The lowest BCUT2D eigenvalue weighted by Crippen LogP contribution is -2.37. The molecule has 1 heterocycles. The Morgan fingerprint density at radius 1 is 1.47 bits per heavy atom. The summed E-state index contributed by atoms with van der Waals surface area (Å²) < 4.78 is 0. The van der Waals surface area contributed by atoms with E-state index >= 15 is 0 Å². The zero-order chi connectivity index (χ0) is 12.1. The SMILES string of the molecule is CNC(C)CNC(=O)c1cc(C(C)C)[nH]n1.Cl. The molecule has 17 heavy (non-hydrogen) atoms. The van der Waals surface area contributed by atoms with E-state index in [0.29, 0.717) is 18.2 Å². The summed E-state index contributed by atoms with van der Waals surface area (Å²) in [5.74, 6) is 0.218. The monoisotopic (exact) mass is 260 g/mol. The average molecular weight is 261 g/mol. The Hall–Kier alpha value is -1.07. The fourth-order valence-electron chi connectivity index (χ4n) is 1.19. The van der Waals surface area contributed by atoms with E-state index in [9.17, 15) is 4.79 Å². The van der Waals surface area contributed by atoms with Crippen molar-refractivity contribution in [1.29, 1.82) is 0 Å². The van der Waals surface area contributed by atoms with Crippen molar-refractivity contribution >= 4 is 18.3 Å². The van der Waals surface area contributed by atoms with Crippen molar-refractivity contribution < 1.29 is 4.79 Å². The molecule has 98 valence electrons. The molecule has 1 aromatic rings. The number of nitrogens with one attached hydrogen (secondary N) is 3. The van der Waals surface area contributed by atoms with E-state index in [0.717, 1.165) is 5.69 Å². The Morgan fingerprint density at radius 3 is 2.59 bits per heavy atom. The largest absolute Gasteiger partial charge is 0.349 e. The van der Waals surface area contributed by atoms with Gasteiger partial charge in [-0.05, 0) is 26.0 Å².